The number of hydrazine groups is 1. The van der Waals surface area contributed by atoms with Crippen LogP contribution in [0.1, 0.15) is 23.8 Å². The second kappa shape index (κ2) is 8.46. The van der Waals surface area contributed by atoms with Crippen LogP contribution < -0.4 is 15.8 Å². The summed E-state index contributed by atoms with van der Waals surface area (Å²) in [7, 11) is -4.22. The molecule has 9 nitrogen and oxygen atoms in total. The number of fused-ring (bicyclic) bond motifs is 1. The van der Waals surface area contributed by atoms with Crippen molar-refractivity contribution in [2.45, 2.75) is 24.8 Å². The van der Waals surface area contributed by atoms with Gasteiger partial charge in [-0.2, -0.15) is 5.10 Å². The van der Waals surface area contributed by atoms with E-state index in [1.807, 2.05) is 11.8 Å². The molecule has 2 heterocycles. The van der Waals surface area contributed by atoms with E-state index in [-0.39, 0.29) is 26.5 Å². The normalized spacial score (nSPS) is 11.6. The number of benzene rings is 1. The molecule has 0 aliphatic carbocycles. The van der Waals surface area contributed by atoms with Crippen molar-refractivity contribution in [2.24, 2.45) is 0 Å². The van der Waals surface area contributed by atoms with Gasteiger partial charge in [-0.1, -0.05) is 48.3 Å². The lowest BCUT2D eigenvalue weighted by Crippen LogP contribution is -2.42. The van der Waals surface area contributed by atoms with Crippen LogP contribution in [0, 0.1) is 0 Å². The summed E-state index contributed by atoms with van der Waals surface area (Å²) in [5.74, 6) is -0.840. The molecule has 0 saturated carbocycles. The van der Waals surface area contributed by atoms with Gasteiger partial charge in [0.2, 0.25) is 0 Å². The molecule has 29 heavy (non-hydrogen) atoms. The Balaban J connectivity index is 1.94. The van der Waals surface area contributed by atoms with Crippen LogP contribution in [0.2, 0.25) is 10.3 Å². The van der Waals surface area contributed by atoms with Gasteiger partial charge >= 0.3 is 0 Å². The third-order valence-electron chi connectivity index (χ3n) is 3.89. The van der Waals surface area contributed by atoms with Crippen LogP contribution in [0.25, 0.3) is 10.8 Å². The molecule has 1 amide bonds. The number of nitrogens with zero attached hydrogens (tertiary/aromatic N) is 3. The standard InChI is InChI=1S/C17H15Cl2N5O4S/c1-2-9-24-17(26)11-6-4-3-5-10(11)14(22-24)16(25)21-23-29(27,28)12-7-8-13(18)20-15(12)19/h3-8,23H,2,9H2,1H3,(H,21,25). The molecule has 0 fully saturated rings. The molecule has 1 aromatic carbocycles. The number of aromatic nitrogens is 3. The molecule has 2 aromatic heterocycles. The van der Waals surface area contributed by atoms with Crippen LogP contribution in [0.4, 0.5) is 0 Å². The Labute approximate surface area is 175 Å². The first-order valence-electron chi connectivity index (χ1n) is 8.38. The number of rotatable bonds is 6. The van der Waals surface area contributed by atoms with Crippen LogP contribution in [-0.4, -0.2) is 29.1 Å². The van der Waals surface area contributed by atoms with Crippen molar-refractivity contribution >= 4 is 49.9 Å². The fourth-order valence-corrected chi connectivity index (χ4v) is 4.09. The lowest BCUT2D eigenvalue weighted by Gasteiger charge is -2.12. The highest BCUT2D eigenvalue weighted by Crippen LogP contribution is 2.21. The average molecular weight is 456 g/mol. The van der Waals surface area contributed by atoms with Gasteiger partial charge in [0.15, 0.2) is 10.8 Å². The van der Waals surface area contributed by atoms with Crippen LogP contribution in [0.5, 0.6) is 0 Å². The van der Waals surface area contributed by atoms with Gasteiger partial charge in [-0.3, -0.25) is 15.0 Å². The number of aryl methyl sites for hydroxylation is 1. The van der Waals surface area contributed by atoms with Gasteiger partial charge in [-0.25, -0.2) is 18.1 Å². The Morgan fingerprint density at radius 2 is 1.83 bits per heavy atom. The highest BCUT2D eigenvalue weighted by Gasteiger charge is 2.22. The summed E-state index contributed by atoms with van der Waals surface area (Å²) in [5, 5.41) is 4.37. The minimum Gasteiger partial charge on any atom is -0.272 e. The van der Waals surface area contributed by atoms with Gasteiger partial charge in [0.25, 0.3) is 21.5 Å². The van der Waals surface area contributed by atoms with Crippen LogP contribution in [-0.2, 0) is 16.6 Å². The van der Waals surface area contributed by atoms with Gasteiger partial charge in [0, 0.05) is 11.9 Å². The van der Waals surface area contributed by atoms with Gasteiger partial charge in [-0.05, 0) is 24.6 Å². The van der Waals surface area contributed by atoms with E-state index < -0.39 is 15.9 Å². The predicted molar refractivity (Wildman–Crippen MR) is 108 cm³/mol. The van der Waals surface area contributed by atoms with Crippen molar-refractivity contribution in [2.75, 3.05) is 0 Å². The average Bonchev–Trinajstić information content (AvgIpc) is 2.68. The van der Waals surface area contributed by atoms with Gasteiger partial charge in [0.05, 0.1) is 5.39 Å². The molecule has 12 heteroatoms. The number of hydrogen-bond acceptors (Lipinski definition) is 6. The number of amides is 1. The maximum atomic E-state index is 12.7. The number of halogens is 2. The quantitative estimate of drug-likeness (QED) is 0.433. The van der Waals surface area contributed by atoms with E-state index in [1.54, 1.807) is 24.3 Å². The summed E-state index contributed by atoms with van der Waals surface area (Å²) < 4.78 is 26.0. The molecule has 0 saturated heterocycles. The number of nitrogens with one attached hydrogen (secondary N) is 2. The first-order valence-corrected chi connectivity index (χ1v) is 10.6. The van der Waals surface area contributed by atoms with Gasteiger partial charge < -0.3 is 0 Å². The summed E-state index contributed by atoms with van der Waals surface area (Å²) in [5.41, 5.74) is 1.65. The molecule has 3 aromatic rings. The van der Waals surface area contributed by atoms with Crippen molar-refractivity contribution in [1.29, 1.82) is 0 Å². The molecule has 0 aliphatic heterocycles. The topological polar surface area (TPSA) is 123 Å². The van der Waals surface area contributed by atoms with Crippen LogP contribution in [0.3, 0.4) is 0 Å². The molecular weight excluding hydrogens is 441 g/mol. The van der Waals surface area contributed by atoms with E-state index in [4.69, 9.17) is 23.2 Å². The number of pyridine rings is 1. The van der Waals surface area contributed by atoms with Crippen LogP contribution >= 0.6 is 23.2 Å². The largest absolute Gasteiger partial charge is 0.287 e. The molecule has 0 unspecified atom stereocenters. The maximum Gasteiger partial charge on any atom is 0.287 e. The summed E-state index contributed by atoms with van der Waals surface area (Å²) in [6.07, 6.45) is 0.626. The zero-order valence-electron chi connectivity index (χ0n) is 15.0. The smallest absolute Gasteiger partial charge is 0.272 e. The Hall–Kier alpha value is -2.53. The number of carbonyl (C=O) groups is 1. The Bertz CT molecular complexity index is 1260. The fraction of sp³-hybridized carbons (Fsp3) is 0.176. The van der Waals surface area contributed by atoms with E-state index in [0.29, 0.717) is 23.7 Å². The number of carbonyl (C=O) groups excluding carboxylic acids is 1. The third-order valence-corrected chi connectivity index (χ3v) is 5.78. The van der Waals surface area contributed by atoms with E-state index in [0.717, 1.165) is 6.07 Å². The summed E-state index contributed by atoms with van der Waals surface area (Å²) >= 11 is 11.5. The van der Waals surface area contributed by atoms with Crippen molar-refractivity contribution in [3.05, 3.63) is 62.8 Å². The minimum atomic E-state index is -4.22. The monoisotopic (exact) mass is 455 g/mol. The molecule has 0 spiro atoms. The Morgan fingerprint density at radius 1 is 1.14 bits per heavy atom. The van der Waals surface area contributed by atoms with Crippen molar-refractivity contribution in [3.8, 4) is 0 Å². The third kappa shape index (κ3) is 4.40. The summed E-state index contributed by atoms with van der Waals surface area (Å²) in [4.78, 5) is 30.4. The van der Waals surface area contributed by atoms with E-state index in [9.17, 15) is 18.0 Å². The highest BCUT2D eigenvalue weighted by atomic mass is 35.5. The number of sulfonamides is 1. The molecule has 0 bridgehead atoms. The Morgan fingerprint density at radius 3 is 2.48 bits per heavy atom. The molecule has 0 aliphatic rings. The summed E-state index contributed by atoms with van der Waals surface area (Å²) in [6.45, 7) is 2.17. The van der Waals surface area contributed by atoms with Crippen molar-refractivity contribution < 1.29 is 13.2 Å². The predicted octanol–water partition coefficient (Wildman–Crippen LogP) is 2.13. The molecular formula is C17H15Cl2N5O4S. The Kier molecular flexibility index (Phi) is 6.18. The zero-order chi connectivity index (χ0) is 21.2. The minimum absolute atomic E-state index is 0.0202. The van der Waals surface area contributed by atoms with Crippen LogP contribution in [0.15, 0.2) is 46.1 Å². The maximum absolute atomic E-state index is 12.7. The zero-order valence-corrected chi connectivity index (χ0v) is 17.3. The van der Waals surface area contributed by atoms with Gasteiger partial charge in [-0.15, -0.1) is 4.83 Å². The van der Waals surface area contributed by atoms with Crippen molar-refractivity contribution in [1.82, 2.24) is 25.0 Å². The van der Waals surface area contributed by atoms with E-state index >= 15 is 0 Å². The number of hydrogen-bond donors (Lipinski definition) is 2. The van der Waals surface area contributed by atoms with Crippen molar-refractivity contribution in [3.63, 3.8) is 0 Å². The van der Waals surface area contributed by atoms with Gasteiger partial charge in [0.1, 0.15) is 10.0 Å². The lowest BCUT2D eigenvalue weighted by atomic mass is 10.1. The molecule has 0 radical (unpaired) electrons. The highest BCUT2D eigenvalue weighted by molar-refractivity contribution is 7.89. The first-order chi connectivity index (χ1) is 13.7. The fourth-order valence-electron chi connectivity index (χ4n) is 2.59. The molecule has 152 valence electrons. The lowest BCUT2D eigenvalue weighted by molar-refractivity contribution is 0.0939. The second-order valence-electron chi connectivity index (χ2n) is 5.91. The van der Waals surface area contributed by atoms with E-state index in [1.165, 1.54) is 10.7 Å². The second-order valence-corrected chi connectivity index (χ2v) is 8.30. The molecule has 3 rings (SSSR count). The molecule has 0 atom stereocenters. The van der Waals surface area contributed by atoms with E-state index in [2.05, 4.69) is 15.5 Å². The molecule has 2 N–H and O–H groups in total. The SMILES string of the molecule is CCCn1nc(C(=O)NNS(=O)(=O)c2ccc(Cl)nc2Cl)c2ccccc2c1=O. The summed E-state index contributed by atoms with van der Waals surface area (Å²) in [6, 6.07) is 8.85. The first kappa shape index (κ1) is 21.2.